The second-order valence-electron chi connectivity index (χ2n) is 6.58. The van der Waals surface area contributed by atoms with Gasteiger partial charge in [0, 0.05) is 0 Å². The summed E-state index contributed by atoms with van der Waals surface area (Å²) in [5.41, 5.74) is 2.44. The summed E-state index contributed by atoms with van der Waals surface area (Å²) in [5.74, 6) is 2.33. The van der Waals surface area contributed by atoms with E-state index in [4.69, 9.17) is 9.47 Å². The summed E-state index contributed by atoms with van der Waals surface area (Å²) < 4.78 is 37.7. The van der Waals surface area contributed by atoms with Gasteiger partial charge in [-0.25, -0.2) is 0 Å². The Morgan fingerprint density at radius 2 is 1.17 bits per heavy atom. The molecule has 0 aliphatic heterocycles. The second-order valence-corrected chi connectivity index (χ2v) is 8.22. The first-order chi connectivity index (χ1) is 14.0. The van der Waals surface area contributed by atoms with Gasteiger partial charge in [0.2, 0.25) is 0 Å². The van der Waals surface area contributed by atoms with Crippen molar-refractivity contribution in [1.29, 1.82) is 0 Å². The second kappa shape index (κ2) is 10.1. The Balaban J connectivity index is 1.43. The summed E-state index contributed by atoms with van der Waals surface area (Å²) in [6, 6.07) is 25.6. The highest BCUT2D eigenvalue weighted by atomic mass is 32.2. The summed E-state index contributed by atoms with van der Waals surface area (Å²) in [7, 11) is -3.43. The van der Waals surface area contributed by atoms with E-state index in [0.29, 0.717) is 5.75 Å². The van der Waals surface area contributed by atoms with Crippen molar-refractivity contribution in [3.05, 3.63) is 90.0 Å². The lowest BCUT2D eigenvalue weighted by Crippen LogP contribution is -2.11. The van der Waals surface area contributed by atoms with Crippen LogP contribution in [0.4, 0.5) is 0 Å². The van der Waals surface area contributed by atoms with Crippen molar-refractivity contribution in [1.82, 2.24) is 0 Å². The number of rotatable bonds is 10. The highest BCUT2D eigenvalue weighted by Gasteiger charge is 2.02. The third-order valence-corrected chi connectivity index (χ3v) is 4.77. The van der Waals surface area contributed by atoms with Gasteiger partial charge in [0.1, 0.15) is 30.5 Å². The molecule has 0 heterocycles. The maximum absolute atomic E-state index is 10.9. The molecule has 0 aliphatic rings. The highest BCUT2D eigenvalue weighted by molar-refractivity contribution is 7.85. The Hall–Kier alpha value is -2.83. The topological polar surface area (TPSA) is 61.8 Å². The zero-order valence-electron chi connectivity index (χ0n) is 16.3. The monoisotopic (exact) mass is 412 g/mol. The Morgan fingerprint density at radius 3 is 1.72 bits per heavy atom. The van der Waals surface area contributed by atoms with Crippen LogP contribution >= 0.6 is 0 Å². The molecule has 0 unspecified atom stereocenters. The summed E-state index contributed by atoms with van der Waals surface area (Å²) in [5, 5.41) is 0. The van der Waals surface area contributed by atoms with E-state index in [1.807, 2.05) is 66.7 Å². The average Bonchev–Trinajstić information content (AvgIpc) is 2.72. The van der Waals surface area contributed by atoms with Crippen LogP contribution in [0.15, 0.2) is 78.9 Å². The van der Waals surface area contributed by atoms with E-state index in [0.717, 1.165) is 30.6 Å². The molecule has 0 radical (unpaired) electrons. The van der Waals surface area contributed by atoms with E-state index in [2.05, 4.69) is 16.3 Å². The number of benzene rings is 3. The lowest BCUT2D eigenvalue weighted by Gasteiger charge is -2.08. The maximum atomic E-state index is 10.9. The fourth-order valence-corrected chi connectivity index (χ4v) is 3.11. The van der Waals surface area contributed by atoms with E-state index >= 15 is 0 Å². The minimum absolute atomic E-state index is 0.00453. The molecule has 3 aromatic rings. The van der Waals surface area contributed by atoms with Crippen LogP contribution in [-0.2, 0) is 27.1 Å². The quantitative estimate of drug-likeness (QED) is 0.359. The molecule has 0 bridgehead atoms. The largest absolute Gasteiger partial charge is 0.491 e. The Morgan fingerprint density at radius 1 is 0.655 bits per heavy atom. The summed E-state index contributed by atoms with van der Waals surface area (Å²) >= 11 is 0. The van der Waals surface area contributed by atoms with Crippen LogP contribution in [0.5, 0.6) is 17.2 Å². The molecule has 29 heavy (non-hydrogen) atoms. The smallest absolute Gasteiger partial charge is 0.264 e. The van der Waals surface area contributed by atoms with Crippen LogP contribution < -0.4 is 9.47 Å². The normalized spacial score (nSPS) is 11.2. The number of hydrogen-bond donors (Lipinski definition) is 0. The van der Waals surface area contributed by atoms with Gasteiger partial charge in [-0.2, -0.15) is 8.42 Å². The van der Waals surface area contributed by atoms with Crippen LogP contribution in [0.2, 0.25) is 0 Å². The third kappa shape index (κ3) is 7.60. The molecule has 0 amide bonds. The first-order valence-electron chi connectivity index (χ1n) is 9.36. The van der Waals surface area contributed by atoms with Crippen molar-refractivity contribution >= 4 is 10.1 Å². The van der Waals surface area contributed by atoms with E-state index in [1.165, 1.54) is 11.1 Å². The average molecular weight is 413 g/mol. The highest BCUT2D eigenvalue weighted by Crippen LogP contribution is 2.22. The van der Waals surface area contributed by atoms with Gasteiger partial charge in [0.05, 0.1) is 6.26 Å². The number of aryl methyl sites for hydroxylation is 2. The lowest BCUT2D eigenvalue weighted by molar-refractivity contribution is 0.222. The van der Waals surface area contributed by atoms with Crippen LogP contribution in [0.1, 0.15) is 11.1 Å². The lowest BCUT2D eigenvalue weighted by atomic mass is 10.0. The van der Waals surface area contributed by atoms with Gasteiger partial charge in [-0.1, -0.05) is 42.5 Å². The molecular formula is C23H24O5S. The van der Waals surface area contributed by atoms with E-state index < -0.39 is 10.1 Å². The van der Waals surface area contributed by atoms with Crippen LogP contribution in [0.3, 0.4) is 0 Å². The van der Waals surface area contributed by atoms with Gasteiger partial charge in [-0.05, 0) is 60.4 Å². The van der Waals surface area contributed by atoms with Crippen LogP contribution in [0, 0.1) is 0 Å². The molecule has 152 valence electrons. The molecule has 3 aromatic carbocycles. The molecule has 6 heteroatoms. The molecule has 0 aliphatic carbocycles. The molecule has 0 saturated carbocycles. The van der Waals surface area contributed by atoms with Crippen molar-refractivity contribution < 1.29 is 22.1 Å². The molecule has 0 saturated heterocycles. The van der Waals surface area contributed by atoms with Crippen LogP contribution in [0.25, 0.3) is 0 Å². The fraction of sp³-hybridized carbons (Fsp3) is 0.217. The van der Waals surface area contributed by atoms with Gasteiger partial charge >= 0.3 is 0 Å². The first-order valence-corrected chi connectivity index (χ1v) is 11.2. The number of para-hydroxylation sites is 1. The molecule has 3 rings (SSSR count). The number of hydrogen-bond acceptors (Lipinski definition) is 5. The minimum Gasteiger partial charge on any atom is -0.491 e. The van der Waals surface area contributed by atoms with Crippen molar-refractivity contribution in [3.8, 4) is 17.2 Å². The minimum atomic E-state index is -3.43. The fourth-order valence-electron chi connectivity index (χ4n) is 2.73. The van der Waals surface area contributed by atoms with E-state index in [-0.39, 0.29) is 13.2 Å². The van der Waals surface area contributed by atoms with Crippen molar-refractivity contribution in [2.75, 3.05) is 19.5 Å². The van der Waals surface area contributed by atoms with Crippen molar-refractivity contribution in [3.63, 3.8) is 0 Å². The van der Waals surface area contributed by atoms with Crippen LogP contribution in [-0.4, -0.2) is 27.9 Å². The van der Waals surface area contributed by atoms with Gasteiger partial charge in [-0.3, -0.25) is 4.18 Å². The molecule has 0 fully saturated rings. The Kier molecular flexibility index (Phi) is 7.27. The third-order valence-electron chi connectivity index (χ3n) is 4.18. The molecule has 0 N–H and O–H groups in total. The molecule has 5 nitrogen and oxygen atoms in total. The van der Waals surface area contributed by atoms with Gasteiger partial charge in [0.25, 0.3) is 10.1 Å². The zero-order valence-corrected chi connectivity index (χ0v) is 17.1. The zero-order chi connectivity index (χ0) is 20.5. The van der Waals surface area contributed by atoms with Gasteiger partial charge in [-0.15, -0.1) is 0 Å². The van der Waals surface area contributed by atoms with E-state index in [9.17, 15) is 8.42 Å². The predicted molar refractivity (Wildman–Crippen MR) is 113 cm³/mol. The SMILES string of the molecule is CS(=O)(=O)OCCOc1ccc(CCc2ccc(Oc3ccccc3)cc2)cc1. The molecule has 0 spiro atoms. The van der Waals surface area contributed by atoms with Gasteiger partial charge in [0.15, 0.2) is 0 Å². The predicted octanol–water partition coefficient (Wildman–Crippen LogP) is 4.62. The summed E-state index contributed by atoms with van der Waals surface area (Å²) in [4.78, 5) is 0. The first kappa shape index (κ1) is 20.9. The standard InChI is InChI=1S/C23H24O5S/c1-29(24,25)27-18-17-26-21-13-9-19(10-14-21)7-8-20-11-15-23(16-12-20)28-22-5-3-2-4-6-22/h2-6,9-16H,7-8,17-18H2,1H3. The molecular weight excluding hydrogens is 388 g/mol. The van der Waals surface area contributed by atoms with Crippen molar-refractivity contribution in [2.24, 2.45) is 0 Å². The molecule has 0 aromatic heterocycles. The summed E-state index contributed by atoms with van der Waals surface area (Å²) in [6.07, 6.45) is 2.86. The maximum Gasteiger partial charge on any atom is 0.264 e. The Labute approximate surface area is 172 Å². The number of ether oxygens (including phenoxy) is 2. The Bertz CT molecular complexity index is 982. The van der Waals surface area contributed by atoms with Crippen molar-refractivity contribution in [2.45, 2.75) is 12.8 Å². The van der Waals surface area contributed by atoms with Gasteiger partial charge < -0.3 is 9.47 Å². The van der Waals surface area contributed by atoms with E-state index in [1.54, 1.807) is 0 Å². The molecule has 0 atom stereocenters. The summed E-state index contributed by atoms with van der Waals surface area (Å²) in [6.45, 7) is 0.189.